The lowest BCUT2D eigenvalue weighted by molar-refractivity contribution is -0.153. The Hall–Kier alpha value is -1.56. The van der Waals surface area contributed by atoms with E-state index in [0.717, 1.165) is 0 Å². The normalized spacial score (nSPS) is 36.8. The van der Waals surface area contributed by atoms with Gasteiger partial charge < -0.3 is 19.3 Å². The number of hydrogen-bond acceptors (Lipinski definition) is 6. The fourth-order valence-electron chi connectivity index (χ4n) is 3.04. The minimum atomic E-state index is -0.992. The zero-order chi connectivity index (χ0) is 14.2. The van der Waals surface area contributed by atoms with Gasteiger partial charge in [-0.1, -0.05) is 6.92 Å². The van der Waals surface area contributed by atoms with Crippen LogP contribution < -0.4 is 0 Å². The van der Waals surface area contributed by atoms with Gasteiger partial charge in [0.25, 0.3) is 0 Å². The van der Waals surface area contributed by atoms with Crippen LogP contribution in [-0.2, 0) is 23.8 Å². The first-order chi connectivity index (χ1) is 8.95. The lowest BCUT2D eigenvalue weighted by Gasteiger charge is -2.31. The highest BCUT2D eigenvalue weighted by Crippen LogP contribution is 2.47. The van der Waals surface area contributed by atoms with Crippen LogP contribution >= 0.6 is 0 Å². The maximum Gasteiger partial charge on any atom is 0.337 e. The number of esters is 2. The molecule has 1 saturated carbocycles. The summed E-state index contributed by atoms with van der Waals surface area (Å²) < 4.78 is 15.1. The lowest BCUT2D eigenvalue weighted by atomic mass is 9.83. The van der Waals surface area contributed by atoms with Crippen molar-refractivity contribution in [2.24, 2.45) is 17.8 Å². The molecule has 0 bridgehead atoms. The number of rotatable bonds is 2. The van der Waals surface area contributed by atoms with Gasteiger partial charge in [0.2, 0.25) is 0 Å². The number of ether oxygens (including phenoxy) is 3. The van der Waals surface area contributed by atoms with Crippen LogP contribution in [0.4, 0.5) is 0 Å². The lowest BCUT2D eigenvalue weighted by Crippen LogP contribution is -2.36. The second-order valence-corrected chi connectivity index (χ2v) is 5.02. The van der Waals surface area contributed by atoms with Crippen LogP contribution in [0.25, 0.3) is 0 Å². The van der Waals surface area contributed by atoms with Gasteiger partial charge in [0.05, 0.1) is 18.9 Å². The molecule has 0 aromatic heterocycles. The predicted octanol–water partition coefficient (Wildman–Crippen LogP) is 0.596. The smallest absolute Gasteiger partial charge is 0.337 e. The van der Waals surface area contributed by atoms with Crippen molar-refractivity contribution in [2.45, 2.75) is 32.7 Å². The van der Waals surface area contributed by atoms with E-state index in [0.29, 0.717) is 12.0 Å². The van der Waals surface area contributed by atoms with Crippen LogP contribution in [0.15, 0.2) is 11.8 Å². The molecule has 106 valence electrons. The molecular weight excluding hydrogens is 252 g/mol. The Morgan fingerprint density at radius 3 is 2.74 bits per heavy atom. The highest BCUT2D eigenvalue weighted by atomic mass is 16.6. The molecule has 1 aliphatic heterocycles. The standard InChI is InChI=1S/C13H18O6/c1-6-10(19-7(2)14)4-8-9(12(15)17-3)5-18-13(16)11(6)8/h5-6,8,10-11,13,16H,4H2,1-3H3/t6-,8+,10-,11+,13+/m0/s1. The third-order valence-corrected chi connectivity index (χ3v) is 3.95. The van der Waals surface area contributed by atoms with Crippen molar-refractivity contribution in [3.63, 3.8) is 0 Å². The number of aliphatic hydroxyl groups is 1. The number of methoxy groups -OCH3 is 1. The first kappa shape index (κ1) is 13.9. The summed E-state index contributed by atoms with van der Waals surface area (Å²) in [5.74, 6) is -1.41. The van der Waals surface area contributed by atoms with E-state index in [1.165, 1.54) is 20.3 Å². The van der Waals surface area contributed by atoms with Crippen molar-refractivity contribution in [1.29, 1.82) is 0 Å². The Balaban J connectivity index is 2.23. The van der Waals surface area contributed by atoms with E-state index in [1.54, 1.807) is 0 Å². The van der Waals surface area contributed by atoms with E-state index in [2.05, 4.69) is 0 Å². The molecule has 0 aromatic carbocycles. The average Bonchev–Trinajstić information content (AvgIpc) is 2.66. The quantitative estimate of drug-likeness (QED) is 0.740. The Labute approximate surface area is 111 Å². The van der Waals surface area contributed by atoms with E-state index in [9.17, 15) is 14.7 Å². The summed E-state index contributed by atoms with van der Waals surface area (Å²) in [6.45, 7) is 3.23. The van der Waals surface area contributed by atoms with Gasteiger partial charge in [-0.15, -0.1) is 0 Å². The minimum Gasteiger partial charge on any atom is -0.472 e. The van der Waals surface area contributed by atoms with Crippen molar-refractivity contribution < 1.29 is 28.9 Å². The molecule has 5 atom stereocenters. The molecular formula is C13H18O6. The van der Waals surface area contributed by atoms with Gasteiger partial charge >= 0.3 is 11.9 Å². The van der Waals surface area contributed by atoms with Crippen LogP contribution in [0.2, 0.25) is 0 Å². The Morgan fingerprint density at radius 2 is 2.16 bits per heavy atom. The summed E-state index contributed by atoms with van der Waals surface area (Å²) in [4.78, 5) is 22.8. The average molecular weight is 270 g/mol. The Bertz CT molecular complexity index is 415. The van der Waals surface area contributed by atoms with Crippen LogP contribution in [0.3, 0.4) is 0 Å². The molecule has 1 aliphatic carbocycles. The second kappa shape index (κ2) is 5.21. The summed E-state index contributed by atoms with van der Waals surface area (Å²) in [5.41, 5.74) is 0.388. The molecule has 0 saturated heterocycles. The molecule has 0 radical (unpaired) electrons. The predicted molar refractivity (Wildman–Crippen MR) is 63.5 cm³/mol. The molecule has 19 heavy (non-hydrogen) atoms. The monoisotopic (exact) mass is 270 g/mol. The molecule has 1 N–H and O–H groups in total. The molecule has 6 heteroatoms. The zero-order valence-corrected chi connectivity index (χ0v) is 11.2. The summed E-state index contributed by atoms with van der Waals surface area (Å²) in [6.07, 6.45) is 0.429. The summed E-state index contributed by atoms with van der Waals surface area (Å²) in [7, 11) is 1.30. The van der Waals surface area contributed by atoms with Crippen molar-refractivity contribution in [1.82, 2.24) is 0 Å². The van der Waals surface area contributed by atoms with Crippen molar-refractivity contribution in [3.8, 4) is 0 Å². The van der Waals surface area contributed by atoms with E-state index >= 15 is 0 Å². The minimum absolute atomic E-state index is 0.0859. The van der Waals surface area contributed by atoms with Gasteiger partial charge in [-0.05, 0) is 6.42 Å². The molecule has 6 nitrogen and oxygen atoms in total. The van der Waals surface area contributed by atoms with Gasteiger partial charge in [-0.3, -0.25) is 4.79 Å². The fourth-order valence-corrected chi connectivity index (χ4v) is 3.04. The molecule has 2 rings (SSSR count). The van der Waals surface area contributed by atoms with Gasteiger partial charge in [-0.2, -0.15) is 0 Å². The second-order valence-electron chi connectivity index (χ2n) is 5.02. The van der Waals surface area contributed by atoms with Crippen LogP contribution in [0.5, 0.6) is 0 Å². The van der Waals surface area contributed by atoms with Crippen LogP contribution in [0, 0.1) is 17.8 Å². The van der Waals surface area contributed by atoms with Crippen LogP contribution in [0.1, 0.15) is 20.3 Å². The topological polar surface area (TPSA) is 82.1 Å². The van der Waals surface area contributed by atoms with E-state index in [-0.39, 0.29) is 29.8 Å². The number of fused-ring (bicyclic) bond motifs is 1. The highest BCUT2D eigenvalue weighted by molar-refractivity contribution is 5.89. The van der Waals surface area contributed by atoms with Crippen molar-refractivity contribution in [2.75, 3.05) is 7.11 Å². The zero-order valence-electron chi connectivity index (χ0n) is 11.2. The Morgan fingerprint density at radius 1 is 1.47 bits per heavy atom. The molecule has 0 aromatic rings. The highest BCUT2D eigenvalue weighted by Gasteiger charge is 2.51. The molecule has 0 amide bonds. The molecule has 0 unspecified atom stereocenters. The largest absolute Gasteiger partial charge is 0.472 e. The molecule has 1 fully saturated rings. The van der Waals surface area contributed by atoms with Gasteiger partial charge in [0.15, 0.2) is 6.29 Å². The maximum atomic E-state index is 11.7. The van der Waals surface area contributed by atoms with E-state index in [1.807, 2.05) is 6.92 Å². The fraction of sp³-hybridized carbons (Fsp3) is 0.692. The van der Waals surface area contributed by atoms with Gasteiger partial charge in [-0.25, -0.2) is 4.79 Å². The van der Waals surface area contributed by atoms with Crippen molar-refractivity contribution in [3.05, 3.63) is 11.8 Å². The summed E-state index contributed by atoms with van der Waals surface area (Å²) >= 11 is 0. The van der Waals surface area contributed by atoms with Crippen LogP contribution in [-0.4, -0.2) is 36.5 Å². The first-order valence-corrected chi connectivity index (χ1v) is 6.24. The van der Waals surface area contributed by atoms with E-state index in [4.69, 9.17) is 14.2 Å². The summed E-state index contributed by atoms with van der Waals surface area (Å²) in [5, 5.41) is 9.91. The number of carbonyl (C=O) groups excluding carboxylic acids is 2. The third-order valence-electron chi connectivity index (χ3n) is 3.95. The molecule has 1 heterocycles. The van der Waals surface area contributed by atoms with Gasteiger partial charge in [0, 0.05) is 24.7 Å². The Kier molecular flexibility index (Phi) is 3.80. The first-order valence-electron chi connectivity index (χ1n) is 6.24. The SMILES string of the molecule is COC(=O)C1=CO[C@@H](O)[C@@H]2[C@@H](C)[C@@H](OC(C)=O)C[C@H]12. The summed E-state index contributed by atoms with van der Waals surface area (Å²) in [6, 6.07) is 0. The number of carbonyl (C=O) groups is 2. The maximum absolute atomic E-state index is 11.7. The van der Waals surface area contributed by atoms with Crippen molar-refractivity contribution >= 4 is 11.9 Å². The van der Waals surface area contributed by atoms with Gasteiger partial charge in [0.1, 0.15) is 6.10 Å². The third kappa shape index (κ3) is 2.45. The number of hydrogen-bond donors (Lipinski definition) is 1. The number of aliphatic hydroxyl groups excluding tert-OH is 1. The molecule has 2 aliphatic rings. The molecule has 0 spiro atoms. The van der Waals surface area contributed by atoms with E-state index < -0.39 is 12.3 Å².